The summed E-state index contributed by atoms with van der Waals surface area (Å²) >= 11 is 12.2. The van der Waals surface area contributed by atoms with Crippen molar-refractivity contribution in [2.45, 2.75) is 12.6 Å². The summed E-state index contributed by atoms with van der Waals surface area (Å²) in [4.78, 5) is 6.47. The second kappa shape index (κ2) is 9.13. The van der Waals surface area contributed by atoms with Crippen molar-refractivity contribution in [2.75, 3.05) is 27.7 Å². The number of aromatic nitrogens is 1. The first-order valence-electron chi connectivity index (χ1n) is 8.09. The molecule has 0 amide bonds. The topological polar surface area (TPSA) is 44.6 Å². The van der Waals surface area contributed by atoms with Crippen LogP contribution in [0.4, 0.5) is 0 Å². The van der Waals surface area contributed by atoms with Crippen LogP contribution in [-0.4, -0.2) is 43.1 Å². The lowest BCUT2D eigenvalue weighted by Crippen LogP contribution is -2.41. The molecule has 0 aliphatic heterocycles. The van der Waals surface area contributed by atoms with Crippen molar-refractivity contribution in [1.29, 1.82) is 0 Å². The Hall–Kier alpha value is -1.69. The zero-order valence-electron chi connectivity index (χ0n) is 15.1. The van der Waals surface area contributed by atoms with Crippen LogP contribution in [0.5, 0.6) is 0 Å². The summed E-state index contributed by atoms with van der Waals surface area (Å²) in [5.41, 5.74) is 2.25. The molecule has 0 radical (unpaired) electrons. The van der Waals surface area contributed by atoms with Gasteiger partial charge in [0.2, 0.25) is 0 Å². The Kier molecular flexibility index (Phi) is 7.17. The van der Waals surface area contributed by atoms with Crippen LogP contribution in [0.3, 0.4) is 0 Å². The van der Waals surface area contributed by atoms with Gasteiger partial charge in [0.05, 0.1) is 17.6 Å². The van der Waals surface area contributed by atoms with Gasteiger partial charge in [-0.15, -0.1) is 0 Å². The van der Waals surface area contributed by atoms with Crippen LogP contribution in [0.25, 0.3) is 0 Å². The molecule has 136 valence electrons. The van der Waals surface area contributed by atoms with Crippen molar-refractivity contribution in [3.8, 4) is 0 Å². The first kappa shape index (κ1) is 19.6. The number of hydrogen-bond acceptors (Lipinski definition) is 2. The molecule has 0 spiro atoms. The van der Waals surface area contributed by atoms with Crippen LogP contribution < -0.4 is 10.6 Å². The molecular formula is C18H25Cl2N5. The molecule has 1 unspecified atom stereocenters. The Morgan fingerprint density at radius 2 is 1.88 bits per heavy atom. The van der Waals surface area contributed by atoms with Crippen LogP contribution in [0.1, 0.15) is 17.3 Å². The molecule has 1 atom stereocenters. The predicted octanol–water partition coefficient (Wildman–Crippen LogP) is 3.30. The first-order chi connectivity index (χ1) is 11.9. The fraction of sp³-hybridized carbons (Fsp3) is 0.389. The molecule has 1 heterocycles. The number of guanidine groups is 1. The second-order valence-electron chi connectivity index (χ2n) is 6.03. The van der Waals surface area contributed by atoms with Crippen molar-refractivity contribution in [3.63, 3.8) is 0 Å². The van der Waals surface area contributed by atoms with Gasteiger partial charge in [0.15, 0.2) is 5.96 Å². The molecule has 1 aromatic heterocycles. The molecule has 0 saturated heterocycles. The van der Waals surface area contributed by atoms with Gasteiger partial charge in [-0.25, -0.2) is 0 Å². The summed E-state index contributed by atoms with van der Waals surface area (Å²) in [5, 5.41) is 7.77. The summed E-state index contributed by atoms with van der Waals surface area (Å²) in [7, 11) is 7.79. The van der Waals surface area contributed by atoms with Gasteiger partial charge in [-0.3, -0.25) is 4.99 Å². The molecule has 5 nitrogen and oxygen atoms in total. The van der Waals surface area contributed by atoms with E-state index in [1.54, 1.807) is 7.05 Å². The summed E-state index contributed by atoms with van der Waals surface area (Å²) in [6.07, 6.45) is 0. The van der Waals surface area contributed by atoms with E-state index in [1.165, 1.54) is 5.56 Å². The number of nitrogens with zero attached hydrogens (tertiary/aromatic N) is 3. The third kappa shape index (κ3) is 5.14. The Bertz CT molecular complexity index is 710. The normalized spacial score (nSPS) is 13.2. The van der Waals surface area contributed by atoms with E-state index in [1.807, 2.05) is 23.7 Å². The molecule has 0 aliphatic carbocycles. The van der Waals surface area contributed by atoms with Crippen LogP contribution in [0, 0.1) is 0 Å². The van der Waals surface area contributed by atoms with Crippen LogP contribution >= 0.6 is 23.2 Å². The van der Waals surface area contributed by atoms with Crippen LogP contribution in [-0.2, 0) is 13.6 Å². The molecule has 25 heavy (non-hydrogen) atoms. The zero-order valence-corrected chi connectivity index (χ0v) is 16.6. The number of hydrogen-bond donors (Lipinski definition) is 2. The van der Waals surface area contributed by atoms with E-state index < -0.39 is 0 Å². The highest BCUT2D eigenvalue weighted by atomic mass is 35.5. The van der Waals surface area contributed by atoms with Crippen molar-refractivity contribution in [1.82, 2.24) is 20.1 Å². The van der Waals surface area contributed by atoms with Gasteiger partial charge >= 0.3 is 0 Å². The third-order valence-electron chi connectivity index (χ3n) is 4.15. The molecule has 0 saturated carbocycles. The number of benzene rings is 1. The minimum absolute atomic E-state index is 0.249. The second-order valence-corrected chi connectivity index (χ2v) is 6.80. The van der Waals surface area contributed by atoms with Crippen molar-refractivity contribution in [2.24, 2.45) is 12.0 Å². The average Bonchev–Trinajstić information content (AvgIpc) is 2.85. The van der Waals surface area contributed by atoms with Gasteiger partial charge in [-0.05, 0) is 25.7 Å². The third-order valence-corrected chi connectivity index (χ3v) is 4.99. The Morgan fingerprint density at radius 3 is 2.40 bits per heavy atom. The summed E-state index contributed by atoms with van der Waals surface area (Å²) in [5.74, 6) is 0.733. The van der Waals surface area contributed by atoms with E-state index in [2.05, 4.69) is 58.9 Å². The van der Waals surface area contributed by atoms with Crippen LogP contribution in [0.2, 0.25) is 10.2 Å². The lowest BCUT2D eigenvalue weighted by molar-refractivity contribution is 0.298. The van der Waals surface area contributed by atoms with Crippen molar-refractivity contribution in [3.05, 3.63) is 57.8 Å². The number of halogens is 2. The SMILES string of the molecule is CN=C(NCc1cc(Cl)c(Cl)n1C)NCC(c1ccccc1)N(C)C. The Balaban J connectivity index is 1.96. The summed E-state index contributed by atoms with van der Waals surface area (Å²) < 4.78 is 1.86. The van der Waals surface area contributed by atoms with Gasteiger partial charge in [0, 0.05) is 26.3 Å². The summed E-state index contributed by atoms with van der Waals surface area (Å²) in [6.45, 7) is 1.33. The van der Waals surface area contributed by atoms with E-state index in [0.29, 0.717) is 16.7 Å². The van der Waals surface area contributed by atoms with Gasteiger partial charge < -0.3 is 20.1 Å². The van der Waals surface area contributed by atoms with Gasteiger partial charge in [-0.1, -0.05) is 53.5 Å². The zero-order chi connectivity index (χ0) is 18.4. The van der Waals surface area contributed by atoms with Crippen molar-refractivity contribution >= 4 is 29.2 Å². The monoisotopic (exact) mass is 381 g/mol. The Labute approximate surface area is 159 Å². The Morgan fingerprint density at radius 1 is 1.20 bits per heavy atom. The molecule has 0 bridgehead atoms. The molecule has 2 aromatic rings. The average molecular weight is 382 g/mol. The number of likely N-dealkylation sites (N-methyl/N-ethyl adjacent to an activating group) is 1. The maximum absolute atomic E-state index is 6.10. The fourth-order valence-corrected chi connectivity index (χ4v) is 3.04. The standard InChI is InChI=1S/C18H25Cl2N5/c1-21-18(22-11-14-10-15(19)17(20)25(14)4)23-12-16(24(2)3)13-8-6-5-7-9-13/h5-10,16H,11-12H2,1-4H3,(H2,21,22,23). The molecule has 0 fully saturated rings. The highest BCUT2D eigenvalue weighted by molar-refractivity contribution is 6.41. The maximum Gasteiger partial charge on any atom is 0.191 e. The highest BCUT2D eigenvalue weighted by Gasteiger charge is 2.14. The highest BCUT2D eigenvalue weighted by Crippen LogP contribution is 2.24. The van der Waals surface area contributed by atoms with Crippen LogP contribution in [0.15, 0.2) is 41.4 Å². The van der Waals surface area contributed by atoms with E-state index >= 15 is 0 Å². The molecular weight excluding hydrogens is 357 g/mol. The lowest BCUT2D eigenvalue weighted by Gasteiger charge is -2.26. The molecule has 0 aliphatic rings. The predicted molar refractivity (Wildman–Crippen MR) is 107 cm³/mol. The lowest BCUT2D eigenvalue weighted by atomic mass is 10.1. The minimum atomic E-state index is 0.249. The number of nitrogens with one attached hydrogen (secondary N) is 2. The molecule has 7 heteroatoms. The van der Waals surface area contributed by atoms with Gasteiger partial charge in [0.1, 0.15) is 5.15 Å². The maximum atomic E-state index is 6.10. The molecule has 2 rings (SSSR count). The van der Waals surface area contributed by atoms with Crippen molar-refractivity contribution < 1.29 is 0 Å². The van der Waals surface area contributed by atoms with Gasteiger partial charge in [0.25, 0.3) is 0 Å². The van der Waals surface area contributed by atoms with E-state index in [4.69, 9.17) is 23.2 Å². The number of rotatable bonds is 6. The fourth-order valence-electron chi connectivity index (χ4n) is 2.62. The van der Waals surface area contributed by atoms with Gasteiger partial charge in [-0.2, -0.15) is 0 Å². The smallest absolute Gasteiger partial charge is 0.191 e. The van der Waals surface area contributed by atoms with E-state index in [9.17, 15) is 0 Å². The number of aliphatic imine (C=N–C) groups is 1. The molecule has 2 N–H and O–H groups in total. The molecule has 1 aromatic carbocycles. The first-order valence-corrected chi connectivity index (χ1v) is 8.85. The quantitative estimate of drug-likeness (QED) is 0.595. The largest absolute Gasteiger partial charge is 0.354 e. The van der Waals surface area contributed by atoms with E-state index in [-0.39, 0.29) is 6.04 Å². The minimum Gasteiger partial charge on any atom is -0.354 e. The van der Waals surface area contributed by atoms with E-state index in [0.717, 1.165) is 18.2 Å². The summed E-state index contributed by atoms with van der Waals surface area (Å²) in [6, 6.07) is 12.5.